The van der Waals surface area contributed by atoms with Crippen molar-refractivity contribution in [3.05, 3.63) is 52.5 Å². The summed E-state index contributed by atoms with van der Waals surface area (Å²) in [6.07, 6.45) is 0.826. The fourth-order valence-corrected chi connectivity index (χ4v) is 4.83. The topological polar surface area (TPSA) is 120 Å². The molecule has 0 atom stereocenters. The molecule has 3 aromatic rings. The Kier molecular flexibility index (Phi) is 13.7. The lowest BCUT2D eigenvalue weighted by molar-refractivity contribution is 0.0939. The minimum absolute atomic E-state index is 0. The fourth-order valence-electron chi connectivity index (χ4n) is 4.15. The SMILES string of the molecule is COc1ccc(CCN(CCNC(=O)c2csc(NC(=O)c3cc(OC)c(OC)cc3OC)n2)C(C)C)cc1OC.Cl. The van der Waals surface area contributed by atoms with Crippen LogP contribution in [0.15, 0.2) is 35.7 Å². The first kappa shape index (κ1) is 34.5. The summed E-state index contributed by atoms with van der Waals surface area (Å²) in [6, 6.07) is 9.31. The number of hydrogen-bond acceptors (Lipinski definition) is 10. The highest BCUT2D eigenvalue weighted by Crippen LogP contribution is 2.35. The minimum Gasteiger partial charge on any atom is -0.496 e. The summed E-state index contributed by atoms with van der Waals surface area (Å²) in [4.78, 5) is 32.3. The number of nitrogens with zero attached hydrogens (tertiary/aromatic N) is 2. The van der Waals surface area contributed by atoms with Crippen LogP contribution in [0.25, 0.3) is 0 Å². The lowest BCUT2D eigenvalue weighted by atomic mass is 10.1. The maximum absolute atomic E-state index is 12.9. The van der Waals surface area contributed by atoms with Gasteiger partial charge < -0.3 is 29.0 Å². The van der Waals surface area contributed by atoms with Gasteiger partial charge in [-0.3, -0.25) is 19.8 Å². The Morgan fingerprint density at radius 2 is 1.45 bits per heavy atom. The molecule has 0 unspecified atom stereocenters. The number of nitrogens with one attached hydrogen (secondary N) is 2. The van der Waals surface area contributed by atoms with E-state index >= 15 is 0 Å². The molecule has 3 rings (SSSR count). The Morgan fingerprint density at radius 1 is 0.833 bits per heavy atom. The molecule has 230 valence electrons. The molecule has 0 aliphatic carbocycles. The summed E-state index contributed by atoms with van der Waals surface area (Å²) < 4.78 is 26.6. The lowest BCUT2D eigenvalue weighted by Crippen LogP contribution is -2.39. The van der Waals surface area contributed by atoms with Gasteiger partial charge in [0.05, 0.1) is 41.1 Å². The molecule has 0 radical (unpaired) electrons. The normalized spacial score (nSPS) is 10.6. The summed E-state index contributed by atoms with van der Waals surface area (Å²) in [5.74, 6) is 1.78. The zero-order valence-electron chi connectivity index (χ0n) is 24.9. The molecule has 1 aromatic heterocycles. The van der Waals surface area contributed by atoms with Crippen molar-refractivity contribution in [2.24, 2.45) is 0 Å². The van der Waals surface area contributed by atoms with Gasteiger partial charge in [0.1, 0.15) is 11.4 Å². The molecule has 2 amide bonds. The maximum atomic E-state index is 12.9. The Morgan fingerprint density at radius 3 is 2.07 bits per heavy atom. The number of aromatic nitrogens is 1. The van der Waals surface area contributed by atoms with E-state index in [1.165, 1.54) is 27.4 Å². The van der Waals surface area contributed by atoms with E-state index in [-0.39, 0.29) is 34.7 Å². The zero-order chi connectivity index (χ0) is 29.9. The molecule has 0 bridgehead atoms. The molecule has 42 heavy (non-hydrogen) atoms. The third-order valence-corrected chi connectivity index (χ3v) is 7.22. The van der Waals surface area contributed by atoms with Crippen LogP contribution in [0.4, 0.5) is 5.13 Å². The van der Waals surface area contributed by atoms with Crippen LogP contribution in [0, 0.1) is 0 Å². The van der Waals surface area contributed by atoms with E-state index in [1.54, 1.807) is 25.7 Å². The van der Waals surface area contributed by atoms with Gasteiger partial charge in [-0.15, -0.1) is 23.7 Å². The van der Waals surface area contributed by atoms with Crippen LogP contribution in [0.3, 0.4) is 0 Å². The van der Waals surface area contributed by atoms with E-state index in [9.17, 15) is 9.59 Å². The molecule has 0 fully saturated rings. The molecule has 0 aliphatic rings. The quantitative estimate of drug-likeness (QED) is 0.252. The molecule has 11 nitrogen and oxygen atoms in total. The molecular formula is C29H39ClN4O7S. The van der Waals surface area contributed by atoms with Crippen LogP contribution in [0.2, 0.25) is 0 Å². The summed E-state index contributed by atoms with van der Waals surface area (Å²) in [5, 5.41) is 7.54. The third kappa shape index (κ3) is 8.88. The predicted molar refractivity (Wildman–Crippen MR) is 166 cm³/mol. The van der Waals surface area contributed by atoms with Crippen molar-refractivity contribution in [1.29, 1.82) is 0 Å². The van der Waals surface area contributed by atoms with Gasteiger partial charge in [-0.25, -0.2) is 4.98 Å². The summed E-state index contributed by atoms with van der Waals surface area (Å²) in [7, 11) is 7.68. The number of methoxy groups -OCH3 is 5. The zero-order valence-corrected chi connectivity index (χ0v) is 26.6. The Hall–Kier alpha value is -3.74. The van der Waals surface area contributed by atoms with Gasteiger partial charge in [0, 0.05) is 43.2 Å². The molecule has 13 heteroatoms. The maximum Gasteiger partial charge on any atom is 0.270 e. The Labute approximate surface area is 256 Å². The average Bonchev–Trinajstić information content (AvgIpc) is 3.45. The van der Waals surface area contributed by atoms with Gasteiger partial charge >= 0.3 is 0 Å². The van der Waals surface area contributed by atoms with Crippen molar-refractivity contribution in [1.82, 2.24) is 15.2 Å². The van der Waals surface area contributed by atoms with Crippen molar-refractivity contribution < 1.29 is 33.3 Å². The highest BCUT2D eigenvalue weighted by molar-refractivity contribution is 7.14. The summed E-state index contributed by atoms with van der Waals surface area (Å²) >= 11 is 1.16. The highest BCUT2D eigenvalue weighted by Gasteiger charge is 2.20. The molecule has 0 saturated heterocycles. The van der Waals surface area contributed by atoms with Crippen LogP contribution < -0.4 is 34.3 Å². The molecule has 2 aromatic carbocycles. The Balaban J connectivity index is 0.00000616. The second-order valence-corrected chi connectivity index (χ2v) is 10.1. The lowest BCUT2D eigenvalue weighted by Gasteiger charge is -2.26. The number of hydrogen-bond donors (Lipinski definition) is 2. The summed E-state index contributed by atoms with van der Waals surface area (Å²) in [6.45, 7) is 6.18. The van der Waals surface area contributed by atoms with Crippen LogP contribution >= 0.6 is 23.7 Å². The molecular weight excluding hydrogens is 584 g/mol. The van der Waals surface area contributed by atoms with Crippen LogP contribution in [-0.4, -0.2) is 82.9 Å². The van der Waals surface area contributed by atoms with E-state index in [1.807, 2.05) is 18.2 Å². The van der Waals surface area contributed by atoms with Crippen molar-refractivity contribution in [3.63, 3.8) is 0 Å². The summed E-state index contributed by atoms with van der Waals surface area (Å²) in [5.41, 5.74) is 1.61. The van der Waals surface area contributed by atoms with Crippen LogP contribution in [-0.2, 0) is 6.42 Å². The van der Waals surface area contributed by atoms with Gasteiger partial charge in [-0.1, -0.05) is 6.07 Å². The number of ether oxygens (including phenoxy) is 5. The molecule has 0 saturated carbocycles. The highest BCUT2D eigenvalue weighted by atomic mass is 35.5. The number of amides is 2. The second kappa shape index (κ2) is 16.6. The number of thiazole rings is 1. The number of halogens is 1. The third-order valence-electron chi connectivity index (χ3n) is 6.46. The minimum atomic E-state index is -0.453. The second-order valence-electron chi connectivity index (χ2n) is 9.22. The van der Waals surface area contributed by atoms with E-state index in [4.69, 9.17) is 23.7 Å². The first-order valence-corrected chi connectivity index (χ1v) is 13.9. The van der Waals surface area contributed by atoms with Crippen molar-refractivity contribution in [3.8, 4) is 28.7 Å². The predicted octanol–water partition coefficient (Wildman–Crippen LogP) is 4.54. The van der Waals surface area contributed by atoms with Gasteiger partial charge in [0.2, 0.25) is 0 Å². The van der Waals surface area contributed by atoms with Crippen molar-refractivity contribution >= 4 is 40.7 Å². The standard InChI is InChI=1S/C29H38N4O7S.ClH/c1-18(2)33(12-10-19-8-9-22(36-3)24(14-19)38-5)13-11-30-28(35)21-17-41-29(31-21)32-27(34)20-15-25(39-6)26(40-7)16-23(20)37-4;/h8-9,14-18H,10-13H2,1-7H3,(H,30,35)(H,31,32,34);1H. The van der Waals surface area contributed by atoms with Crippen molar-refractivity contribution in [2.75, 3.05) is 60.5 Å². The number of carbonyl (C=O) groups excluding carboxylic acids is 2. The van der Waals surface area contributed by atoms with Gasteiger partial charge in [-0.05, 0) is 38.0 Å². The smallest absolute Gasteiger partial charge is 0.270 e. The van der Waals surface area contributed by atoms with Gasteiger partial charge in [0.25, 0.3) is 11.8 Å². The average molecular weight is 623 g/mol. The van der Waals surface area contributed by atoms with Crippen LogP contribution in [0.5, 0.6) is 28.7 Å². The van der Waals surface area contributed by atoms with Gasteiger partial charge in [0.15, 0.2) is 28.1 Å². The molecule has 0 spiro atoms. The fraction of sp³-hybridized carbons (Fsp3) is 0.414. The number of benzene rings is 2. The van der Waals surface area contributed by atoms with Crippen molar-refractivity contribution in [2.45, 2.75) is 26.3 Å². The molecule has 0 aliphatic heterocycles. The van der Waals surface area contributed by atoms with Gasteiger partial charge in [-0.2, -0.15) is 0 Å². The van der Waals surface area contributed by atoms with E-state index < -0.39 is 5.91 Å². The number of rotatable bonds is 15. The number of anilines is 1. The molecule has 2 N–H and O–H groups in total. The van der Waals surface area contributed by atoms with E-state index in [2.05, 4.69) is 34.4 Å². The molecule has 1 heterocycles. The number of carbonyl (C=O) groups is 2. The first-order chi connectivity index (χ1) is 19.7. The van der Waals surface area contributed by atoms with E-state index in [0.717, 1.165) is 29.9 Å². The van der Waals surface area contributed by atoms with E-state index in [0.29, 0.717) is 47.9 Å². The largest absolute Gasteiger partial charge is 0.496 e. The van der Waals surface area contributed by atoms with Crippen LogP contribution in [0.1, 0.15) is 40.3 Å². The first-order valence-electron chi connectivity index (χ1n) is 13.0. The Bertz CT molecular complexity index is 1340. The monoisotopic (exact) mass is 622 g/mol.